The van der Waals surface area contributed by atoms with Gasteiger partial charge in [-0.25, -0.2) is 4.98 Å². The second-order valence-electron chi connectivity index (χ2n) is 6.04. The van der Waals surface area contributed by atoms with Gasteiger partial charge < -0.3 is 15.1 Å². The number of hydrogen-bond acceptors (Lipinski definition) is 6. The Labute approximate surface area is 147 Å². The molecule has 0 aliphatic carbocycles. The first kappa shape index (κ1) is 14.6. The fourth-order valence-corrected chi connectivity index (χ4v) is 3.04. The number of benzene rings is 2. The second kappa shape index (κ2) is 5.38. The maximum atomic E-state index is 6.40. The maximum absolute atomic E-state index is 6.40. The SMILES string of the molecule is Cc1nnc(-c2ccc3[nH]c(-c4cnc5ccccc5n4)c(N)c3c2)o1. The molecule has 0 spiro atoms. The van der Waals surface area contributed by atoms with Crippen molar-refractivity contribution in [3.05, 3.63) is 54.6 Å². The molecule has 0 saturated carbocycles. The van der Waals surface area contributed by atoms with Crippen LogP contribution in [-0.4, -0.2) is 25.1 Å². The fraction of sp³-hybridized carbons (Fsp3) is 0.0526. The van der Waals surface area contributed by atoms with Crippen molar-refractivity contribution in [1.29, 1.82) is 0 Å². The zero-order chi connectivity index (χ0) is 17.7. The maximum Gasteiger partial charge on any atom is 0.247 e. The topological polar surface area (TPSA) is 107 Å². The lowest BCUT2D eigenvalue weighted by molar-refractivity contribution is 0.533. The number of anilines is 1. The van der Waals surface area contributed by atoms with E-state index in [1.807, 2.05) is 42.5 Å². The van der Waals surface area contributed by atoms with Gasteiger partial charge in [0.1, 0.15) is 5.69 Å². The number of hydrogen-bond donors (Lipinski definition) is 2. The average molecular weight is 342 g/mol. The van der Waals surface area contributed by atoms with Crippen molar-refractivity contribution in [1.82, 2.24) is 25.1 Å². The quantitative estimate of drug-likeness (QED) is 0.506. The van der Waals surface area contributed by atoms with Gasteiger partial charge in [-0.2, -0.15) is 0 Å². The van der Waals surface area contributed by atoms with Crippen LogP contribution in [-0.2, 0) is 0 Å². The van der Waals surface area contributed by atoms with Gasteiger partial charge in [0.2, 0.25) is 11.8 Å². The molecule has 0 unspecified atom stereocenters. The van der Waals surface area contributed by atoms with Crippen LogP contribution in [0, 0.1) is 6.92 Å². The van der Waals surface area contributed by atoms with E-state index in [0.717, 1.165) is 33.2 Å². The Morgan fingerprint density at radius 1 is 1.04 bits per heavy atom. The molecule has 2 aromatic carbocycles. The van der Waals surface area contributed by atoms with Crippen LogP contribution in [0.5, 0.6) is 0 Å². The highest BCUT2D eigenvalue weighted by molar-refractivity contribution is 6.01. The predicted octanol–water partition coefficient (Wildman–Crippen LogP) is 3.72. The van der Waals surface area contributed by atoms with Gasteiger partial charge in [0.25, 0.3) is 0 Å². The highest BCUT2D eigenvalue weighted by Crippen LogP contribution is 2.34. The first-order valence-corrected chi connectivity index (χ1v) is 8.13. The molecule has 0 aliphatic heterocycles. The molecule has 0 bridgehead atoms. The molecule has 0 amide bonds. The first-order valence-electron chi connectivity index (χ1n) is 8.13. The molecular formula is C19H14N6O. The number of aromatic amines is 1. The van der Waals surface area contributed by atoms with E-state index in [1.165, 1.54) is 0 Å². The Bertz CT molecular complexity index is 1270. The minimum absolute atomic E-state index is 0.469. The van der Waals surface area contributed by atoms with Crippen LogP contribution < -0.4 is 5.73 Å². The van der Waals surface area contributed by atoms with Gasteiger partial charge in [0.15, 0.2) is 0 Å². The van der Waals surface area contributed by atoms with E-state index >= 15 is 0 Å². The van der Waals surface area contributed by atoms with E-state index in [-0.39, 0.29) is 0 Å². The number of nitrogens with zero attached hydrogens (tertiary/aromatic N) is 4. The van der Waals surface area contributed by atoms with Crippen LogP contribution in [0.3, 0.4) is 0 Å². The van der Waals surface area contributed by atoms with Crippen molar-refractivity contribution in [2.45, 2.75) is 6.92 Å². The van der Waals surface area contributed by atoms with Gasteiger partial charge in [-0.3, -0.25) is 4.98 Å². The Kier molecular flexibility index (Phi) is 3.02. The molecule has 3 aromatic heterocycles. The molecule has 7 heteroatoms. The van der Waals surface area contributed by atoms with Crippen LogP contribution in [0.1, 0.15) is 5.89 Å². The number of aromatic nitrogens is 5. The van der Waals surface area contributed by atoms with Crippen molar-refractivity contribution in [3.63, 3.8) is 0 Å². The van der Waals surface area contributed by atoms with E-state index in [2.05, 4.69) is 25.1 Å². The highest BCUT2D eigenvalue weighted by atomic mass is 16.4. The number of fused-ring (bicyclic) bond motifs is 2. The molecule has 0 radical (unpaired) electrons. The highest BCUT2D eigenvalue weighted by Gasteiger charge is 2.15. The zero-order valence-electron chi connectivity index (χ0n) is 13.9. The Morgan fingerprint density at radius 3 is 2.69 bits per heavy atom. The second-order valence-corrected chi connectivity index (χ2v) is 6.04. The minimum Gasteiger partial charge on any atom is -0.421 e. The molecule has 5 rings (SSSR count). The lowest BCUT2D eigenvalue weighted by Crippen LogP contribution is -1.92. The third kappa shape index (κ3) is 2.21. The summed E-state index contributed by atoms with van der Waals surface area (Å²) in [5.74, 6) is 0.992. The first-order chi connectivity index (χ1) is 12.7. The number of nitrogen functional groups attached to an aromatic ring is 1. The zero-order valence-corrected chi connectivity index (χ0v) is 13.9. The lowest BCUT2D eigenvalue weighted by Gasteiger charge is -2.01. The Hall–Kier alpha value is -3.74. The summed E-state index contributed by atoms with van der Waals surface area (Å²) in [4.78, 5) is 12.5. The lowest BCUT2D eigenvalue weighted by atomic mass is 10.1. The van der Waals surface area contributed by atoms with Gasteiger partial charge in [-0.05, 0) is 30.3 Å². The van der Waals surface area contributed by atoms with Gasteiger partial charge >= 0.3 is 0 Å². The Morgan fingerprint density at radius 2 is 1.88 bits per heavy atom. The minimum atomic E-state index is 0.469. The molecule has 0 saturated heterocycles. The number of aryl methyl sites for hydroxylation is 1. The molecule has 7 nitrogen and oxygen atoms in total. The molecule has 126 valence electrons. The van der Waals surface area contributed by atoms with E-state index in [0.29, 0.717) is 23.2 Å². The molecule has 0 atom stereocenters. The molecule has 3 heterocycles. The molecule has 0 fully saturated rings. The summed E-state index contributed by atoms with van der Waals surface area (Å²) in [5.41, 5.74) is 11.9. The van der Waals surface area contributed by atoms with Crippen LogP contribution in [0.25, 0.3) is 44.8 Å². The van der Waals surface area contributed by atoms with Gasteiger partial charge in [-0.15, -0.1) is 10.2 Å². The third-order valence-corrected chi connectivity index (χ3v) is 4.32. The van der Waals surface area contributed by atoms with Crippen LogP contribution in [0.15, 0.2) is 53.1 Å². The molecule has 0 aliphatic rings. The van der Waals surface area contributed by atoms with Crippen LogP contribution >= 0.6 is 0 Å². The summed E-state index contributed by atoms with van der Waals surface area (Å²) in [5, 5.41) is 8.81. The number of nitrogens with two attached hydrogens (primary N) is 1. The summed E-state index contributed by atoms with van der Waals surface area (Å²) < 4.78 is 5.50. The standard InChI is InChI=1S/C19H14N6O/c1-10-24-25-19(26-10)11-6-7-13-12(8-11)17(20)18(23-13)16-9-21-14-4-2-3-5-15(14)22-16/h2-9,23H,20H2,1H3. The predicted molar refractivity (Wildman–Crippen MR) is 99.3 cm³/mol. The third-order valence-electron chi connectivity index (χ3n) is 4.32. The van der Waals surface area contributed by atoms with Gasteiger partial charge in [0, 0.05) is 23.4 Å². The normalized spacial score (nSPS) is 11.4. The van der Waals surface area contributed by atoms with Crippen molar-refractivity contribution >= 4 is 27.6 Å². The monoisotopic (exact) mass is 342 g/mol. The number of H-pyrrole nitrogens is 1. The van der Waals surface area contributed by atoms with Crippen molar-refractivity contribution in [3.8, 4) is 22.8 Å². The number of rotatable bonds is 2. The summed E-state index contributed by atoms with van der Waals surface area (Å²) in [6.45, 7) is 1.76. The summed E-state index contributed by atoms with van der Waals surface area (Å²) >= 11 is 0. The van der Waals surface area contributed by atoms with Crippen molar-refractivity contribution < 1.29 is 4.42 Å². The summed E-state index contributed by atoms with van der Waals surface area (Å²) in [6.07, 6.45) is 1.73. The van der Waals surface area contributed by atoms with E-state index < -0.39 is 0 Å². The average Bonchev–Trinajstić information content (AvgIpc) is 3.25. The molecule has 3 N–H and O–H groups in total. The van der Waals surface area contributed by atoms with E-state index in [9.17, 15) is 0 Å². The van der Waals surface area contributed by atoms with E-state index in [4.69, 9.17) is 10.2 Å². The smallest absolute Gasteiger partial charge is 0.247 e. The fourth-order valence-electron chi connectivity index (χ4n) is 3.04. The number of nitrogens with one attached hydrogen (secondary N) is 1. The van der Waals surface area contributed by atoms with E-state index in [1.54, 1.807) is 13.1 Å². The van der Waals surface area contributed by atoms with Crippen molar-refractivity contribution in [2.24, 2.45) is 0 Å². The summed E-state index contributed by atoms with van der Waals surface area (Å²) in [7, 11) is 0. The molecule has 5 aromatic rings. The molecule has 26 heavy (non-hydrogen) atoms. The van der Waals surface area contributed by atoms with Gasteiger partial charge in [0.05, 0.1) is 28.6 Å². The van der Waals surface area contributed by atoms with Crippen LogP contribution in [0.2, 0.25) is 0 Å². The molecular weight excluding hydrogens is 328 g/mol. The largest absolute Gasteiger partial charge is 0.421 e. The Balaban J connectivity index is 1.67. The van der Waals surface area contributed by atoms with Crippen LogP contribution in [0.4, 0.5) is 5.69 Å². The van der Waals surface area contributed by atoms with Gasteiger partial charge in [-0.1, -0.05) is 12.1 Å². The summed E-state index contributed by atoms with van der Waals surface area (Å²) in [6, 6.07) is 13.5. The number of para-hydroxylation sites is 2. The van der Waals surface area contributed by atoms with Crippen molar-refractivity contribution in [2.75, 3.05) is 5.73 Å².